The van der Waals surface area contributed by atoms with Gasteiger partial charge in [0.2, 0.25) is 0 Å². The van der Waals surface area contributed by atoms with E-state index in [4.69, 9.17) is 4.74 Å². The molecule has 1 atom stereocenters. The molecule has 3 nitrogen and oxygen atoms in total. The van der Waals surface area contributed by atoms with Gasteiger partial charge in [-0.25, -0.2) is 0 Å². The number of carbonyl (C=O) groups excluding carboxylic acids is 1. The van der Waals surface area contributed by atoms with Crippen molar-refractivity contribution in [3.05, 3.63) is 35.9 Å². The summed E-state index contributed by atoms with van der Waals surface area (Å²) in [7, 11) is 0. The lowest BCUT2D eigenvalue weighted by atomic mass is 10.1. The maximum atomic E-state index is 12.2. The molecule has 0 unspecified atom stereocenters. The molecule has 1 aromatic carbocycles. The predicted octanol–water partition coefficient (Wildman–Crippen LogP) is 3.04. The highest BCUT2D eigenvalue weighted by molar-refractivity contribution is 5.76. The molecule has 110 valence electrons. The van der Waals surface area contributed by atoms with Crippen molar-refractivity contribution < 1.29 is 9.53 Å². The Kier molecular flexibility index (Phi) is 4.81. The van der Waals surface area contributed by atoms with Gasteiger partial charge < -0.3 is 4.74 Å². The van der Waals surface area contributed by atoms with Crippen molar-refractivity contribution in [2.45, 2.75) is 51.7 Å². The molecule has 1 saturated heterocycles. The summed E-state index contributed by atoms with van der Waals surface area (Å²) < 4.78 is 5.52. The monoisotopic (exact) mass is 275 g/mol. The second-order valence-corrected chi connectivity index (χ2v) is 6.46. The molecule has 0 N–H and O–H groups in total. The van der Waals surface area contributed by atoms with Gasteiger partial charge in [0.1, 0.15) is 11.6 Å². The molecule has 0 spiro atoms. The van der Waals surface area contributed by atoms with Gasteiger partial charge in [-0.15, -0.1) is 0 Å². The summed E-state index contributed by atoms with van der Waals surface area (Å²) in [6, 6.07) is 10.4. The van der Waals surface area contributed by atoms with E-state index < -0.39 is 5.60 Å². The van der Waals surface area contributed by atoms with Gasteiger partial charge >= 0.3 is 5.97 Å². The Morgan fingerprint density at radius 1 is 1.30 bits per heavy atom. The molecule has 0 aliphatic carbocycles. The number of hydrogen-bond donors (Lipinski definition) is 0. The second-order valence-electron chi connectivity index (χ2n) is 6.46. The first-order valence-corrected chi connectivity index (χ1v) is 7.46. The van der Waals surface area contributed by atoms with E-state index in [1.54, 1.807) is 0 Å². The molecule has 0 saturated carbocycles. The molecule has 1 aromatic rings. The third kappa shape index (κ3) is 4.34. The molecule has 1 heterocycles. The van der Waals surface area contributed by atoms with Crippen molar-refractivity contribution in [2.24, 2.45) is 0 Å². The maximum Gasteiger partial charge on any atom is 0.323 e. The Morgan fingerprint density at radius 3 is 2.65 bits per heavy atom. The summed E-state index contributed by atoms with van der Waals surface area (Å²) in [5.41, 5.74) is 0.924. The van der Waals surface area contributed by atoms with Gasteiger partial charge in [0, 0.05) is 6.54 Å². The van der Waals surface area contributed by atoms with Crippen LogP contribution in [-0.4, -0.2) is 35.6 Å². The third-order valence-electron chi connectivity index (χ3n) is 3.57. The predicted molar refractivity (Wildman–Crippen MR) is 80.6 cm³/mol. The van der Waals surface area contributed by atoms with Gasteiger partial charge in [-0.3, -0.25) is 9.69 Å². The molecule has 0 amide bonds. The van der Waals surface area contributed by atoms with E-state index in [9.17, 15) is 4.79 Å². The standard InChI is InChI=1S/C17H25NO2/c1-17(2,3)20-16(19)15-10-7-12-18(15)13-11-14-8-5-4-6-9-14/h4-6,8-9,15H,7,10-13H2,1-3H3/t15-/m1/s1. The van der Waals surface area contributed by atoms with Gasteiger partial charge in [0.05, 0.1) is 0 Å². The molecule has 20 heavy (non-hydrogen) atoms. The van der Waals surface area contributed by atoms with Crippen molar-refractivity contribution in [3.63, 3.8) is 0 Å². The fraction of sp³-hybridized carbons (Fsp3) is 0.588. The van der Waals surface area contributed by atoms with Crippen LogP contribution in [0, 0.1) is 0 Å². The van der Waals surface area contributed by atoms with Crippen LogP contribution in [-0.2, 0) is 16.0 Å². The Bertz CT molecular complexity index is 436. The summed E-state index contributed by atoms with van der Waals surface area (Å²) in [5, 5.41) is 0. The fourth-order valence-electron chi connectivity index (χ4n) is 2.65. The molecular weight excluding hydrogens is 250 g/mol. The highest BCUT2D eigenvalue weighted by atomic mass is 16.6. The van der Waals surface area contributed by atoms with Gasteiger partial charge in [-0.05, 0) is 52.1 Å². The molecule has 1 fully saturated rings. The summed E-state index contributed by atoms with van der Waals surface area (Å²) in [4.78, 5) is 14.5. The normalized spacial score (nSPS) is 20.1. The number of likely N-dealkylation sites (tertiary alicyclic amines) is 1. The van der Waals surface area contributed by atoms with Crippen LogP contribution < -0.4 is 0 Å². The van der Waals surface area contributed by atoms with Gasteiger partial charge in [0.25, 0.3) is 0 Å². The number of nitrogens with zero attached hydrogens (tertiary/aromatic N) is 1. The minimum absolute atomic E-state index is 0.0575. The van der Waals surface area contributed by atoms with Crippen LogP contribution in [0.3, 0.4) is 0 Å². The maximum absolute atomic E-state index is 12.2. The Labute approximate surface area is 121 Å². The van der Waals surface area contributed by atoms with Crippen LogP contribution in [0.2, 0.25) is 0 Å². The van der Waals surface area contributed by atoms with Crippen molar-refractivity contribution in [1.82, 2.24) is 4.90 Å². The van der Waals surface area contributed by atoms with Crippen molar-refractivity contribution in [3.8, 4) is 0 Å². The molecule has 1 aliphatic heterocycles. The molecular formula is C17H25NO2. The lowest BCUT2D eigenvalue weighted by Crippen LogP contribution is -2.41. The first-order valence-electron chi connectivity index (χ1n) is 7.46. The largest absolute Gasteiger partial charge is 0.459 e. The summed E-state index contributed by atoms with van der Waals surface area (Å²) in [5.74, 6) is -0.0666. The quantitative estimate of drug-likeness (QED) is 0.791. The summed E-state index contributed by atoms with van der Waals surface area (Å²) >= 11 is 0. The zero-order chi connectivity index (χ0) is 14.6. The summed E-state index contributed by atoms with van der Waals surface area (Å²) in [6.45, 7) is 7.70. The third-order valence-corrected chi connectivity index (χ3v) is 3.57. The van der Waals surface area contributed by atoms with Crippen LogP contribution in [0.15, 0.2) is 30.3 Å². The number of hydrogen-bond acceptors (Lipinski definition) is 3. The van der Waals surface area contributed by atoms with E-state index in [2.05, 4.69) is 29.2 Å². The molecule has 3 heteroatoms. The highest BCUT2D eigenvalue weighted by Gasteiger charge is 2.33. The second kappa shape index (κ2) is 6.40. The number of benzene rings is 1. The average molecular weight is 275 g/mol. The Morgan fingerprint density at radius 2 is 2.00 bits per heavy atom. The zero-order valence-corrected chi connectivity index (χ0v) is 12.8. The molecule has 2 rings (SSSR count). The smallest absolute Gasteiger partial charge is 0.323 e. The zero-order valence-electron chi connectivity index (χ0n) is 12.8. The van der Waals surface area contributed by atoms with Crippen LogP contribution >= 0.6 is 0 Å². The van der Waals surface area contributed by atoms with Gasteiger partial charge in [0.15, 0.2) is 0 Å². The van der Waals surface area contributed by atoms with Crippen LogP contribution in [0.25, 0.3) is 0 Å². The van der Waals surface area contributed by atoms with Crippen LogP contribution in [0.5, 0.6) is 0 Å². The minimum atomic E-state index is -0.398. The number of ether oxygens (including phenoxy) is 1. The van der Waals surface area contributed by atoms with Crippen LogP contribution in [0.1, 0.15) is 39.2 Å². The lowest BCUT2D eigenvalue weighted by molar-refractivity contribution is -0.160. The van der Waals surface area contributed by atoms with Gasteiger partial charge in [-0.1, -0.05) is 30.3 Å². The highest BCUT2D eigenvalue weighted by Crippen LogP contribution is 2.21. The average Bonchev–Trinajstić information content (AvgIpc) is 2.84. The molecule has 0 bridgehead atoms. The first-order chi connectivity index (χ1) is 9.46. The van der Waals surface area contributed by atoms with E-state index >= 15 is 0 Å². The fourth-order valence-corrected chi connectivity index (χ4v) is 2.65. The Balaban J connectivity index is 1.89. The summed E-state index contributed by atoms with van der Waals surface area (Å²) in [6.07, 6.45) is 2.99. The lowest BCUT2D eigenvalue weighted by Gasteiger charge is -2.27. The number of carbonyl (C=O) groups is 1. The molecule has 0 aromatic heterocycles. The minimum Gasteiger partial charge on any atom is -0.459 e. The van der Waals surface area contributed by atoms with Gasteiger partial charge in [-0.2, -0.15) is 0 Å². The molecule has 1 aliphatic rings. The Hall–Kier alpha value is -1.35. The van der Waals surface area contributed by atoms with Crippen molar-refractivity contribution in [2.75, 3.05) is 13.1 Å². The SMILES string of the molecule is CC(C)(C)OC(=O)[C@H]1CCCN1CCc1ccccc1. The van der Waals surface area contributed by atoms with E-state index in [1.165, 1.54) is 5.56 Å². The van der Waals surface area contributed by atoms with E-state index in [0.717, 1.165) is 32.4 Å². The van der Waals surface area contributed by atoms with E-state index in [-0.39, 0.29) is 12.0 Å². The van der Waals surface area contributed by atoms with E-state index in [1.807, 2.05) is 26.8 Å². The van der Waals surface area contributed by atoms with Crippen LogP contribution in [0.4, 0.5) is 0 Å². The topological polar surface area (TPSA) is 29.5 Å². The molecule has 0 radical (unpaired) electrons. The van der Waals surface area contributed by atoms with E-state index in [0.29, 0.717) is 0 Å². The van der Waals surface area contributed by atoms with Crippen molar-refractivity contribution >= 4 is 5.97 Å². The number of esters is 1. The first kappa shape index (κ1) is 15.0. The number of rotatable bonds is 4. The van der Waals surface area contributed by atoms with Crippen molar-refractivity contribution in [1.29, 1.82) is 0 Å².